The minimum atomic E-state index is -0.107. The molecule has 5 nitrogen and oxygen atoms in total. The van der Waals surface area contributed by atoms with E-state index in [9.17, 15) is 0 Å². The zero-order valence-corrected chi connectivity index (χ0v) is 21.1. The van der Waals surface area contributed by atoms with Crippen molar-refractivity contribution in [3.63, 3.8) is 0 Å². The Labute approximate surface area is 212 Å². The molecule has 0 amide bonds. The van der Waals surface area contributed by atoms with Crippen LogP contribution in [0, 0.1) is 13.8 Å². The smallest absolute Gasteiger partial charge is 0.457 e. The highest BCUT2D eigenvalue weighted by Gasteiger charge is 2.45. The van der Waals surface area contributed by atoms with Crippen molar-refractivity contribution in [1.82, 2.24) is 4.90 Å². The third-order valence-corrected chi connectivity index (χ3v) is 7.23. The summed E-state index contributed by atoms with van der Waals surface area (Å²) in [6.45, 7) is 6.31. The molecule has 6 heteroatoms. The Bertz CT molecular complexity index is 1490. The molecule has 178 valence electrons. The van der Waals surface area contributed by atoms with Gasteiger partial charge in [0.1, 0.15) is 29.1 Å². The number of hydrogen-bond acceptors (Lipinski definition) is 4. The molecule has 0 spiro atoms. The van der Waals surface area contributed by atoms with Gasteiger partial charge >= 0.3 is 12.7 Å². The van der Waals surface area contributed by atoms with Gasteiger partial charge in [0.05, 0.1) is 6.07 Å². The summed E-state index contributed by atoms with van der Waals surface area (Å²) in [7, 11) is 2.10. The summed E-state index contributed by atoms with van der Waals surface area (Å²) < 4.78 is 15.2. The second-order valence-corrected chi connectivity index (χ2v) is 9.54. The van der Waals surface area contributed by atoms with E-state index in [1.165, 1.54) is 0 Å². The highest BCUT2D eigenvalue weighted by Crippen LogP contribution is 2.31. The van der Waals surface area contributed by atoms with Crippen LogP contribution >= 0.6 is 0 Å². The summed E-state index contributed by atoms with van der Waals surface area (Å²) in [6, 6.07) is 26.9. The average molecular weight is 474 g/mol. The molecule has 4 aromatic rings. The molecule has 1 atom stereocenters. The van der Waals surface area contributed by atoms with Crippen molar-refractivity contribution in [3.05, 3.63) is 109 Å². The zero-order valence-electron chi connectivity index (χ0n) is 21.1. The Hall–Kier alpha value is -4.19. The molecule has 3 heterocycles. The predicted octanol–water partition coefficient (Wildman–Crippen LogP) is 4.71. The molecule has 6 rings (SSSR count). The van der Waals surface area contributed by atoms with Crippen LogP contribution < -0.4 is 29.8 Å². The molecule has 0 fully saturated rings. The number of rotatable bonds is 4. The van der Waals surface area contributed by atoms with Crippen LogP contribution in [0.15, 0.2) is 97.5 Å². The standard InChI is InChI=1S/C30H29BN3O2/c1-21-11-5-8-14-27(21)35-28-15-9-6-12-24(28)31-25-13-7-10-16-29(25)36-30-19-22(2)26(20-34(30)31)33-18-17-32(4)23(33)3/h5-20,23H,1-4H3/q+1/t23-/m0/s1. The summed E-state index contributed by atoms with van der Waals surface area (Å²) in [5, 5.41) is 0. The summed E-state index contributed by atoms with van der Waals surface area (Å²) in [6.07, 6.45) is 6.70. The fourth-order valence-electron chi connectivity index (χ4n) is 5.06. The average Bonchev–Trinajstić information content (AvgIpc) is 3.22. The van der Waals surface area contributed by atoms with E-state index in [1.807, 2.05) is 36.4 Å². The van der Waals surface area contributed by atoms with E-state index in [0.29, 0.717) is 0 Å². The molecule has 0 aliphatic carbocycles. The monoisotopic (exact) mass is 474 g/mol. The molecule has 3 aromatic carbocycles. The first-order valence-electron chi connectivity index (χ1n) is 12.3. The van der Waals surface area contributed by atoms with Gasteiger partial charge in [0, 0.05) is 30.4 Å². The lowest BCUT2D eigenvalue weighted by molar-refractivity contribution is -0.542. The van der Waals surface area contributed by atoms with Crippen LogP contribution in [0.2, 0.25) is 0 Å². The van der Waals surface area contributed by atoms with Crippen molar-refractivity contribution in [2.45, 2.75) is 26.9 Å². The normalized spacial score (nSPS) is 16.0. The molecule has 0 N–H and O–H groups in total. The van der Waals surface area contributed by atoms with Crippen molar-refractivity contribution in [2.75, 3.05) is 11.9 Å². The first-order chi connectivity index (χ1) is 17.5. The van der Waals surface area contributed by atoms with E-state index in [0.717, 1.165) is 50.9 Å². The Morgan fingerprint density at radius 3 is 2.28 bits per heavy atom. The van der Waals surface area contributed by atoms with Crippen molar-refractivity contribution in [1.29, 1.82) is 0 Å². The van der Waals surface area contributed by atoms with Crippen LogP contribution in [0.4, 0.5) is 5.69 Å². The predicted molar refractivity (Wildman–Crippen MR) is 145 cm³/mol. The van der Waals surface area contributed by atoms with Crippen LogP contribution in [0.5, 0.6) is 23.1 Å². The minimum Gasteiger partial charge on any atom is -0.457 e. The highest BCUT2D eigenvalue weighted by atomic mass is 16.5. The van der Waals surface area contributed by atoms with Gasteiger partial charge in [-0.3, -0.25) is 0 Å². The maximum Gasteiger partial charge on any atom is 0.569 e. The van der Waals surface area contributed by atoms with Gasteiger partial charge in [-0.1, -0.05) is 54.6 Å². The molecule has 0 unspecified atom stereocenters. The van der Waals surface area contributed by atoms with E-state index in [2.05, 4.69) is 103 Å². The van der Waals surface area contributed by atoms with E-state index in [1.54, 1.807) is 0 Å². The van der Waals surface area contributed by atoms with Crippen LogP contribution in [-0.2, 0) is 0 Å². The minimum absolute atomic E-state index is 0.107. The number of hydrogen-bond donors (Lipinski definition) is 0. The van der Waals surface area contributed by atoms with Crippen molar-refractivity contribution < 1.29 is 14.0 Å². The van der Waals surface area contributed by atoms with Gasteiger partial charge in [0.2, 0.25) is 0 Å². The first-order valence-corrected chi connectivity index (χ1v) is 12.3. The SMILES string of the molecule is Cc1ccccc1Oc1ccccc1B1c2ccccc2Oc2cc(C)c(N3C=CN(C)[C@@H]3C)c[n+]21. The van der Waals surface area contributed by atoms with E-state index < -0.39 is 0 Å². The van der Waals surface area contributed by atoms with Gasteiger partial charge < -0.3 is 19.3 Å². The summed E-state index contributed by atoms with van der Waals surface area (Å²) in [5.41, 5.74) is 5.60. The van der Waals surface area contributed by atoms with Crippen molar-refractivity contribution in [2.24, 2.45) is 0 Å². The van der Waals surface area contributed by atoms with Crippen LogP contribution in [0.25, 0.3) is 0 Å². The Morgan fingerprint density at radius 2 is 1.53 bits per heavy atom. The van der Waals surface area contributed by atoms with E-state index in [-0.39, 0.29) is 13.0 Å². The Kier molecular flexibility index (Phi) is 5.44. The number of para-hydroxylation sites is 3. The number of anilines is 1. The third kappa shape index (κ3) is 3.70. The van der Waals surface area contributed by atoms with Gasteiger partial charge in [-0.25, -0.2) is 4.48 Å². The lowest BCUT2D eigenvalue weighted by atomic mass is 9.49. The lowest BCUT2D eigenvalue weighted by Crippen LogP contribution is -2.68. The largest absolute Gasteiger partial charge is 0.569 e. The van der Waals surface area contributed by atoms with Gasteiger partial charge in [-0.05, 0) is 50.1 Å². The molecule has 36 heavy (non-hydrogen) atoms. The van der Waals surface area contributed by atoms with Crippen molar-refractivity contribution >= 4 is 23.5 Å². The number of benzene rings is 3. The van der Waals surface area contributed by atoms with Gasteiger partial charge in [-0.15, -0.1) is 0 Å². The molecule has 1 aromatic heterocycles. The Balaban J connectivity index is 1.52. The molecule has 0 bridgehead atoms. The first kappa shape index (κ1) is 22.3. The maximum absolute atomic E-state index is 6.53. The number of fused-ring (bicyclic) bond motifs is 2. The summed E-state index contributed by atoms with van der Waals surface area (Å²) in [5.74, 6) is 3.38. The molecule has 0 saturated heterocycles. The van der Waals surface area contributed by atoms with Crippen molar-refractivity contribution in [3.8, 4) is 23.1 Å². The Morgan fingerprint density at radius 1 is 0.833 bits per heavy atom. The van der Waals surface area contributed by atoms with Gasteiger partial charge in [-0.2, -0.15) is 0 Å². The second-order valence-electron chi connectivity index (χ2n) is 9.54. The number of aromatic nitrogens is 1. The van der Waals surface area contributed by atoms with Crippen LogP contribution in [0.3, 0.4) is 0 Å². The fraction of sp³-hybridized carbons (Fsp3) is 0.167. The van der Waals surface area contributed by atoms with E-state index in [4.69, 9.17) is 9.47 Å². The molecule has 2 aliphatic rings. The number of pyridine rings is 1. The molecule has 2 aliphatic heterocycles. The molecular weight excluding hydrogens is 445 g/mol. The molecule has 0 radical (unpaired) electrons. The third-order valence-electron chi connectivity index (χ3n) is 7.23. The molecular formula is C30H29BN3O2+. The van der Waals surface area contributed by atoms with Crippen LogP contribution in [-0.4, -0.2) is 25.0 Å². The number of aryl methyl sites for hydroxylation is 2. The fourth-order valence-corrected chi connectivity index (χ4v) is 5.06. The topological polar surface area (TPSA) is 28.8 Å². The number of nitrogens with zero attached hydrogens (tertiary/aromatic N) is 3. The summed E-state index contributed by atoms with van der Waals surface area (Å²) >= 11 is 0. The summed E-state index contributed by atoms with van der Waals surface area (Å²) in [4.78, 5) is 4.51. The van der Waals surface area contributed by atoms with Gasteiger partial charge in [0.25, 0.3) is 0 Å². The zero-order chi connectivity index (χ0) is 24.8. The second kappa shape index (κ2) is 8.79. The quantitative estimate of drug-likeness (QED) is 0.353. The highest BCUT2D eigenvalue weighted by molar-refractivity contribution is 6.80. The number of ether oxygens (including phenoxy) is 2. The van der Waals surface area contributed by atoms with Crippen LogP contribution in [0.1, 0.15) is 18.1 Å². The molecule has 0 saturated carbocycles. The lowest BCUT2D eigenvalue weighted by Gasteiger charge is -2.29. The van der Waals surface area contributed by atoms with Gasteiger partial charge in [0.15, 0.2) is 6.20 Å². The van der Waals surface area contributed by atoms with E-state index >= 15 is 0 Å². The maximum atomic E-state index is 6.53.